The summed E-state index contributed by atoms with van der Waals surface area (Å²) in [6.45, 7) is 4.89. The normalized spacial score (nSPS) is 12.1. The summed E-state index contributed by atoms with van der Waals surface area (Å²) in [7, 11) is 0. The molecule has 0 heterocycles. The Morgan fingerprint density at radius 2 is 2.05 bits per heavy atom. The zero-order valence-corrected chi connectivity index (χ0v) is 13.7. The van der Waals surface area contributed by atoms with Crippen molar-refractivity contribution in [1.29, 1.82) is 0 Å². The van der Waals surface area contributed by atoms with Gasteiger partial charge in [-0.3, -0.25) is 0 Å². The second kappa shape index (κ2) is 8.23. The topological polar surface area (TPSA) is 21.3 Å². The molecule has 0 saturated heterocycles. The summed E-state index contributed by atoms with van der Waals surface area (Å²) in [6.07, 6.45) is 0. The Hall–Kier alpha value is -0.120. The number of hydrogen-bond acceptors (Lipinski definition) is 2. The first-order chi connectivity index (χ1) is 8.93. The monoisotopic (exact) mass is 341 g/mol. The third-order valence-electron chi connectivity index (χ3n) is 2.26. The van der Waals surface area contributed by atoms with Gasteiger partial charge in [-0.25, -0.2) is 0 Å². The van der Waals surface area contributed by atoms with E-state index >= 15 is 0 Å². The zero-order chi connectivity index (χ0) is 14.4. The fourth-order valence-corrected chi connectivity index (χ4v) is 2.10. The van der Waals surface area contributed by atoms with Gasteiger partial charge < -0.3 is 10.1 Å². The molecular formula is C13H15Cl4NO. The average molecular weight is 343 g/mol. The minimum Gasteiger partial charge on any atom is -0.486 e. The second-order valence-corrected chi connectivity index (χ2v) is 5.80. The van der Waals surface area contributed by atoms with E-state index in [0.717, 1.165) is 5.56 Å². The molecule has 1 aromatic rings. The summed E-state index contributed by atoms with van der Waals surface area (Å²) in [5, 5.41) is 4.70. The zero-order valence-electron chi connectivity index (χ0n) is 10.6. The highest BCUT2D eigenvalue weighted by Gasteiger charge is 2.11. The molecule has 0 aliphatic heterocycles. The molecule has 0 amide bonds. The molecule has 6 heteroatoms. The van der Waals surface area contributed by atoms with Gasteiger partial charge >= 0.3 is 0 Å². The smallest absolute Gasteiger partial charge is 0.143 e. The molecule has 0 atom stereocenters. The quantitative estimate of drug-likeness (QED) is 0.768. The molecule has 106 valence electrons. The van der Waals surface area contributed by atoms with E-state index in [9.17, 15) is 0 Å². The molecule has 0 fully saturated rings. The molecule has 2 nitrogen and oxygen atoms in total. The van der Waals surface area contributed by atoms with Crippen LogP contribution in [-0.4, -0.2) is 12.6 Å². The summed E-state index contributed by atoms with van der Waals surface area (Å²) < 4.78 is 5.59. The summed E-state index contributed by atoms with van der Waals surface area (Å²) in [5.74, 6) is 0.566. The molecule has 1 rings (SSSR count). The standard InChI is InChI=1S/C13H15Cl4NO/c1-8(2)18-6-9-3-10(15)4-12(17)13(9)19-7-11(16)5-14/h3-5,8,18H,6-7H2,1-2H3. The highest BCUT2D eigenvalue weighted by atomic mass is 35.5. The molecule has 0 saturated carbocycles. The van der Waals surface area contributed by atoms with Gasteiger partial charge in [0.15, 0.2) is 0 Å². The first-order valence-electron chi connectivity index (χ1n) is 5.73. The number of nitrogens with one attached hydrogen (secondary N) is 1. The maximum absolute atomic E-state index is 6.14. The molecule has 0 aliphatic carbocycles. The minimum absolute atomic E-state index is 0.168. The van der Waals surface area contributed by atoms with Gasteiger partial charge in [-0.1, -0.05) is 60.3 Å². The Morgan fingerprint density at radius 1 is 1.37 bits per heavy atom. The van der Waals surface area contributed by atoms with Crippen molar-refractivity contribution < 1.29 is 4.74 Å². The maximum atomic E-state index is 6.14. The number of hydrogen-bond donors (Lipinski definition) is 1. The van der Waals surface area contributed by atoms with Crippen LogP contribution in [0.2, 0.25) is 10.0 Å². The van der Waals surface area contributed by atoms with E-state index in [0.29, 0.717) is 33.4 Å². The van der Waals surface area contributed by atoms with Crippen molar-refractivity contribution >= 4 is 46.4 Å². The molecule has 0 unspecified atom stereocenters. The summed E-state index contributed by atoms with van der Waals surface area (Å²) in [6, 6.07) is 3.79. The van der Waals surface area contributed by atoms with Gasteiger partial charge in [-0.05, 0) is 12.1 Å². The van der Waals surface area contributed by atoms with Crippen molar-refractivity contribution in [2.24, 2.45) is 0 Å². The number of halogens is 4. The van der Waals surface area contributed by atoms with Gasteiger partial charge in [-0.2, -0.15) is 0 Å². The maximum Gasteiger partial charge on any atom is 0.143 e. The van der Waals surface area contributed by atoms with E-state index in [2.05, 4.69) is 19.2 Å². The minimum atomic E-state index is 0.168. The van der Waals surface area contributed by atoms with Crippen LogP contribution in [0.4, 0.5) is 0 Å². The second-order valence-electron chi connectivity index (χ2n) is 4.26. The van der Waals surface area contributed by atoms with Gasteiger partial charge in [0.1, 0.15) is 12.4 Å². The van der Waals surface area contributed by atoms with Crippen molar-refractivity contribution in [1.82, 2.24) is 5.32 Å². The first-order valence-corrected chi connectivity index (χ1v) is 7.30. The largest absolute Gasteiger partial charge is 0.486 e. The van der Waals surface area contributed by atoms with E-state index in [1.54, 1.807) is 6.07 Å². The summed E-state index contributed by atoms with van der Waals surface area (Å²) in [5.41, 5.74) is 2.14. The fourth-order valence-electron chi connectivity index (χ4n) is 1.39. The highest BCUT2D eigenvalue weighted by molar-refractivity contribution is 6.37. The predicted octanol–water partition coefficient (Wildman–Crippen LogP) is 5.19. The Kier molecular flexibility index (Phi) is 7.33. The molecule has 19 heavy (non-hydrogen) atoms. The lowest BCUT2D eigenvalue weighted by molar-refractivity contribution is 0.353. The van der Waals surface area contributed by atoms with Crippen LogP contribution >= 0.6 is 46.4 Å². The Bertz CT molecular complexity index is 460. The lowest BCUT2D eigenvalue weighted by Crippen LogP contribution is -2.22. The van der Waals surface area contributed by atoms with Gasteiger partial charge in [0, 0.05) is 28.7 Å². The van der Waals surface area contributed by atoms with Crippen molar-refractivity contribution in [3.8, 4) is 5.75 Å². The lowest BCUT2D eigenvalue weighted by atomic mass is 10.2. The molecule has 0 aliphatic rings. The Labute approximate surface area is 133 Å². The first kappa shape index (κ1) is 16.9. The number of benzene rings is 1. The predicted molar refractivity (Wildman–Crippen MR) is 83.7 cm³/mol. The fraction of sp³-hybridized carbons (Fsp3) is 0.385. The van der Waals surface area contributed by atoms with Gasteiger partial charge in [0.05, 0.1) is 10.1 Å². The van der Waals surface area contributed by atoms with Gasteiger partial charge in [0.2, 0.25) is 0 Å². The SMILES string of the molecule is CC(C)NCc1cc(Cl)cc(Cl)c1OCC(Cl)=CCl. The third-order valence-corrected chi connectivity index (χ3v) is 3.35. The summed E-state index contributed by atoms with van der Waals surface area (Å²) >= 11 is 23.4. The molecule has 1 aromatic carbocycles. The Balaban J connectivity index is 2.92. The van der Waals surface area contributed by atoms with Crippen molar-refractivity contribution in [2.75, 3.05) is 6.61 Å². The highest BCUT2D eigenvalue weighted by Crippen LogP contribution is 2.33. The van der Waals surface area contributed by atoms with Crippen LogP contribution in [0.25, 0.3) is 0 Å². The van der Waals surface area contributed by atoms with Gasteiger partial charge in [0.25, 0.3) is 0 Å². The molecule has 0 bridgehead atoms. The third kappa shape index (κ3) is 5.80. The van der Waals surface area contributed by atoms with Crippen LogP contribution in [-0.2, 0) is 6.54 Å². The Morgan fingerprint density at radius 3 is 2.63 bits per heavy atom. The van der Waals surface area contributed by atoms with E-state index in [1.165, 1.54) is 5.54 Å². The number of rotatable bonds is 6. The van der Waals surface area contributed by atoms with E-state index in [1.807, 2.05) is 6.07 Å². The van der Waals surface area contributed by atoms with Crippen LogP contribution in [0.1, 0.15) is 19.4 Å². The molecule has 0 aromatic heterocycles. The number of ether oxygens (including phenoxy) is 1. The van der Waals surface area contributed by atoms with E-state index in [4.69, 9.17) is 51.1 Å². The van der Waals surface area contributed by atoms with Gasteiger partial charge in [-0.15, -0.1) is 0 Å². The lowest BCUT2D eigenvalue weighted by Gasteiger charge is -2.15. The van der Waals surface area contributed by atoms with Crippen molar-refractivity contribution in [3.05, 3.63) is 38.3 Å². The molecule has 0 spiro atoms. The van der Waals surface area contributed by atoms with Crippen LogP contribution in [0, 0.1) is 0 Å². The van der Waals surface area contributed by atoms with Crippen molar-refractivity contribution in [2.45, 2.75) is 26.4 Å². The van der Waals surface area contributed by atoms with Crippen LogP contribution in [0.15, 0.2) is 22.7 Å². The molecular weight excluding hydrogens is 328 g/mol. The van der Waals surface area contributed by atoms with Crippen molar-refractivity contribution in [3.63, 3.8) is 0 Å². The summed E-state index contributed by atoms with van der Waals surface area (Å²) in [4.78, 5) is 0. The molecule has 1 N–H and O–H groups in total. The van der Waals surface area contributed by atoms with E-state index < -0.39 is 0 Å². The van der Waals surface area contributed by atoms with E-state index in [-0.39, 0.29) is 6.61 Å². The average Bonchev–Trinajstić information content (AvgIpc) is 2.34. The van der Waals surface area contributed by atoms with Crippen LogP contribution in [0.3, 0.4) is 0 Å². The van der Waals surface area contributed by atoms with Crippen LogP contribution in [0.5, 0.6) is 5.75 Å². The van der Waals surface area contributed by atoms with Crippen LogP contribution < -0.4 is 10.1 Å². The molecule has 0 radical (unpaired) electrons.